The van der Waals surface area contributed by atoms with Gasteiger partial charge in [-0.3, -0.25) is 4.18 Å². The molecule has 1 atom stereocenters. The maximum atomic E-state index is 11.8. The van der Waals surface area contributed by atoms with Crippen LogP contribution in [0.3, 0.4) is 0 Å². The molecule has 0 aliphatic carbocycles. The molecule has 0 aliphatic rings. The van der Waals surface area contributed by atoms with Crippen molar-refractivity contribution in [3.05, 3.63) is 12.7 Å². The van der Waals surface area contributed by atoms with Crippen molar-refractivity contribution in [1.82, 2.24) is 4.49 Å². The molecule has 14 heavy (non-hydrogen) atoms. The average molecular weight is 233 g/mol. The van der Waals surface area contributed by atoms with Crippen LogP contribution in [0.1, 0.15) is 0 Å². The molecule has 0 aromatic rings. The number of halogens is 1. The number of hydrogen-bond donors (Lipinski definition) is 2. The van der Waals surface area contributed by atoms with Crippen molar-refractivity contribution in [1.29, 1.82) is 0 Å². The molecule has 0 spiro atoms. The molecular weight excluding hydrogens is 226 g/mol. The van der Waals surface area contributed by atoms with E-state index in [0.717, 1.165) is 10.6 Å². The van der Waals surface area contributed by atoms with Gasteiger partial charge < -0.3 is 4.89 Å². The van der Waals surface area contributed by atoms with Crippen molar-refractivity contribution < 1.29 is 26.3 Å². The molecule has 0 saturated heterocycles. The van der Waals surface area contributed by atoms with E-state index >= 15 is 0 Å². The van der Waals surface area contributed by atoms with Crippen LogP contribution in [0.15, 0.2) is 12.7 Å². The Labute approximate surface area is 98.6 Å². The van der Waals surface area contributed by atoms with Crippen LogP contribution in [-0.4, -0.2) is 50.7 Å². The minimum absolute atomic E-state index is 0.407. The molecule has 1 unspecified atom stereocenters. The van der Waals surface area contributed by atoms with E-state index in [-0.39, 0.29) is 0 Å². The molecule has 2 N–H and O–H groups in total. The molecular formula is C3H7FLi2NO5PS. The van der Waals surface area contributed by atoms with Crippen LogP contribution >= 0.6 is 7.83 Å². The van der Waals surface area contributed by atoms with Gasteiger partial charge in [0.15, 0.2) is 0 Å². The molecule has 0 heterocycles. The Morgan fingerprint density at radius 2 is 2.07 bits per heavy atom. The van der Waals surface area contributed by atoms with E-state index in [4.69, 9.17) is 4.89 Å². The van der Waals surface area contributed by atoms with Crippen LogP contribution < -0.4 is 4.49 Å². The van der Waals surface area contributed by atoms with Gasteiger partial charge in [-0.1, -0.05) is 10.6 Å². The van der Waals surface area contributed by atoms with E-state index in [2.05, 4.69) is 10.8 Å². The van der Waals surface area contributed by atoms with E-state index in [1.165, 1.54) is 0 Å². The summed E-state index contributed by atoms with van der Waals surface area (Å²) in [6.07, 6.45) is 1.08. The second kappa shape index (κ2) is 8.12. The monoisotopic (exact) mass is 233 g/mol. The van der Waals surface area contributed by atoms with Crippen LogP contribution in [0.5, 0.6) is 0 Å². The Morgan fingerprint density at radius 3 is 2.36 bits per heavy atom. The first-order chi connectivity index (χ1) is 6.27. The topological polar surface area (TPSA) is 92.7 Å². The second-order valence-electron chi connectivity index (χ2n) is 1.62. The van der Waals surface area contributed by atoms with Crippen LogP contribution in [0.4, 0.5) is 4.20 Å². The van der Waals surface area contributed by atoms with E-state index in [9.17, 15) is 17.2 Å². The Hall–Kier alpha value is 0.925. The third-order valence-electron chi connectivity index (χ3n) is 0.565. The summed E-state index contributed by atoms with van der Waals surface area (Å²) in [4.78, 5) is 7.95. The van der Waals surface area contributed by atoms with Gasteiger partial charge in [-0.05, 0) is 0 Å². The quantitative estimate of drug-likeness (QED) is 0.373. The van der Waals surface area contributed by atoms with E-state index in [0.29, 0.717) is 0 Å². The third kappa shape index (κ3) is 12.9. The van der Waals surface area contributed by atoms with Crippen molar-refractivity contribution in [2.75, 3.05) is 6.61 Å². The molecule has 0 aromatic heterocycles. The molecule has 0 saturated carbocycles. The second-order valence-corrected chi connectivity index (χ2v) is 4.50. The zero-order chi connectivity index (χ0) is 11.8. The van der Waals surface area contributed by atoms with Gasteiger partial charge in [-0.2, -0.15) is 8.42 Å². The minimum atomic E-state index is -5.32. The number of nitrogens with one attached hydrogen (secondary N) is 1. The molecule has 0 fully saturated rings. The van der Waals surface area contributed by atoms with E-state index in [1.807, 2.05) is 30.8 Å². The molecule has 0 rings (SSSR count). The van der Waals surface area contributed by atoms with Crippen molar-refractivity contribution >= 4 is 48.9 Å². The number of hydrogen-bond acceptors (Lipinski definition) is 4. The summed E-state index contributed by atoms with van der Waals surface area (Å²) >= 11 is 4.00. The predicted octanol–water partition coefficient (Wildman–Crippen LogP) is -0.668. The molecule has 74 valence electrons. The van der Waals surface area contributed by atoms with Crippen LogP contribution in [0, 0.1) is 0 Å². The zero-order valence-corrected chi connectivity index (χ0v) is 9.52. The van der Waals surface area contributed by atoms with Gasteiger partial charge in [0.25, 0.3) is 0 Å². The van der Waals surface area contributed by atoms with Crippen molar-refractivity contribution in [3.63, 3.8) is 0 Å². The molecule has 0 bridgehead atoms. The molecule has 6 nitrogen and oxygen atoms in total. The summed E-state index contributed by atoms with van der Waals surface area (Å²) in [5.41, 5.74) is 0. The normalized spacial score (nSPS) is 15.0. The summed E-state index contributed by atoms with van der Waals surface area (Å²) in [5.74, 6) is 0. The Morgan fingerprint density at radius 1 is 1.64 bits per heavy atom. The van der Waals surface area contributed by atoms with Crippen LogP contribution in [-0.2, 0) is 19.1 Å². The molecule has 0 amide bonds. The number of rotatable bonds is 5. The molecule has 0 radical (unpaired) electrons. The van der Waals surface area contributed by atoms with Gasteiger partial charge in [0.2, 0.25) is 0 Å². The van der Waals surface area contributed by atoms with Gasteiger partial charge in [-0.15, -0.1) is 10.8 Å². The fourth-order valence-electron chi connectivity index (χ4n) is 0.302. The first-order valence-corrected chi connectivity index (χ1v) is 6.54. The van der Waals surface area contributed by atoms with Crippen LogP contribution in [0.25, 0.3) is 0 Å². The first kappa shape index (κ1) is 17.3. The average Bonchev–Trinajstić information content (AvgIpc) is 2.00. The summed E-state index contributed by atoms with van der Waals surface area (Å²) in [5, 5.41) is 0. The first-order valence-electron chi connectivity index (χ1n) is 3.58. The van der Waals surface area contributed by atoms with Gasteiger partial charge in [0.05, 0.1) is 6.61 Å². The maximum absolute atomic E-state index is 11.8. The SMILES string of the molecule is C=CCOS(=O)(=O)NP(=O)(O)F.[Li][Li]. The Bertz CT molecular complexity index is 302. The third-order valence-corrected chi connectivity index (χ3v) is 2.81. The molecule has 0 aromatic carbocycles. The predicted molar refractivity (Wildman–Crippen MR) is 50.6 cm³/mol. The summed E-state index contributed by atoms with van der Waals surface area (Å²) in [7, 11) is -9.84. The van der Waals surface area contributed by atoms with E-state index < -0.39 is 24.7 Å². The van der Waals surface area contributed by atoms with Crippen LogP contribution in [0.2, 0.25) is 0 Å². The van der Waals surface area contributed by atoms with Crippen molar-refractivity contribution in [2.45, 2.75) is 0 Å². The van der Waals surface area contributed by atoms with E-state index in [1.54, 1.807) is 0 Å². The standard InChI is InChI=1S/C3H7FNO5PS.2Li/c1-2-3-10-12(8,9)5-11(4,6)7;;/h2H,1,3H2,(H2,5,6,7);;. The summed E-state index contributed by atoms with van der Waals surface area (Å²) in [6.45, 7) is 2.71. The van der Waals surface area contributed by atoms with Gasteiger partial charge in [0, 0.05) is 0 Å². The Kier molecular flexibility index (Phi) is 10.0. The Balaban J connectivity index is 0. The summed E-state index contributed by atoms with van der Waals surface area (Å²) < 4.78 is 47.3. The summed E-state index contributed by atoms with van der Waals surface area (Å²) in [6, 6.07) is 0. The van der Waals surface area contributed by atoms with Gasteiger partial charge in [-0.25, -0.2) is 4.57 Å². The fraction of sp³-hybridized carbons (Fsp3) is 0.333. The van der Waals surface area contributed by atoms with Crippen molar-refractivity contribution in [3.8, 4) is 0 Å². The molecule has 0 aliphatic heterocycles. The van der Waals surface area contributed by atoms with Gasteiger partial charge >= 0.3 is 48.9 Å². The molecule has 11 heteroatoms. The zero-order valence-electron chi connectivity index (χ0n) is 7.81. The van der Waals surface area contributed by atoms with Crippen molar-refractivity contribution in [2.24, 2.45) is 0 Å². The fourth-order valence-corrected chi connectivity index (χ4v) is 1.89. The van der Waals surface area contributed by atoms with Gasteiger partial charge in [0.1, 0.15) is 0 Å².